The lowest BCUT2D eigenvalue weighted by Crippen LogP contribution is -2.22. The molecule has 1 aliphatic rings. The zero-order valence-corrected chi connectivity index (χ0v) is 7.91. The number of rotatable bonds is 2. The average Bonchev–Trinajstić information content (AvgIpc) is 2.50. The summed E-state index contributed by atoms with van der Waals surface area (Å²) in [6, 6.07) is 0. The molecule has 2 rings (SSSR count). The first kappa shape index (κ1) is 8.01. The lowest BCUT2D eigenvalue weighted by molar-refractivity contribution is 0.325. The molecule has 1 aliphatic heterocycles. The van der Waals surface area contributed by atoms with Crippen molar-refractivity contribution < 1.29 is 4.74 Å². The van der Waals surface area contributed by atoms with Gasteiger partial charge < -0.3 is 10.1 Å². The predicted octanol–water partition coefficient (Wildman–Crippen LogP) is 1.19. The molecule has 0 saturated carbocycles. The molecule has 0 radical (unpaired) electrons. The molecule has 1 N–H and O–H groups in total. The summed E-state index contributed by atoms with van der Waals surface area (Å²) in [5.41, 5.74) is 1.27. The maximum atomic E-state index is 5.40. The zero-order valence-electron chi connectivity index (χ0n) is 7.09. The van der Waals surface area contributed by atoms with Crippen molar-refractivity contribution >= 4 is 11.5 Å². The van der Waals surface area contributed by atoms with E-state index in [-0.39, 0.29) is 0 Å². The molecule has 0 atom stereocenters. The summed E-state index contributed by atoms with van der Waals surface area (Å²) in [5, 5.41) is 3.31. The van der Waals surface area contributed by atoms with E-state index in [4.69, 9.17) is 4.74 Å². The first-order valence-electron chi connectivity index (χ1n) is 4.22. The van der Waals surface area contributed by atoms with Crippen LogP contribution >= 0.6 is 11.5 Å². The van der Waals surface area contributed by atoms with E-state index in [1.807, 2.05) is 6.92 Å². The van der Waals surface area contributed by atoms with Crippen molar-refractivity contribution in [3.05, 3.63) is 10.4 Å². The van der Waals surface area contributed by atoms with E-state index in [1.54, 1.807) is 11.5 Å². The van der Waals surface area contributed by atoms with Crippen LogP contribution in [-0.4, -0.2) is 17.5 Å². The van der Waals surface area contributed by atoms with Crippen LogP contribution in [0.4, 0.5) is 0 Å². The minimum atomic E-state index is 0.705. The highest BCUT2D eigenvalue weighted by molar-refractivity contribution is 7.06. The fraction of sp³-hybridized carbons (Fsp3) is 0.625. The van der Waals surface area contributed by atoms with Crippen LogP contribution < -0.4 is 10.1 Å². The van der Waals surface area contributed by atoms with Gasteiger partial charge >= 0.3 is 0 Å². The molecule has 0 fully saturated rings. The summed E-state index contributed by atoms with van der Waals surface area (Å²) < 4.78 is 9.67. The van der Waals surface area contributed by atoms with Gasteiger partial charge in [-0.1, -0.05) is 0 Å². The van der Waals surface area contributed by atoms with E-state index in [9.17, 15) is 0 Å². The highest BCUT2D eigenvalue weighted by Crippen LogP contribution is 2.27. The zero-order chi connectivity index (χ0) is 8.39. The molecule has 12 heavy (non-hydrogen) atoms. The Morgan fingerprint density at radius 3 is 3.42 bits per heavy atom. The predicted molar refractivity (Wildman–Crippen MR) is 48.7 cm³/mol. The maximum Gasteiger partial charge on any atom is 0.229 e. The second-order valence-electron chi connectivity index (χ2n) is 2.75. The fourth-order valence-corrected chi connectivity index (χ4v) is 2.18. The van der Waals surface area contributed by atoms with Gasteiger partial charge in [-0.2, -0.15) is 4.37 Å². The Morgan fingerprint density at radius 1 is 1.67 bits per heavy atom. The highest BCUT2D eigenvalue weighted by Gasteiger charge is 2.17. The fourth-order valence-electron chi connectivity index (χ4n) is 1.36. The Morgan fingerprint density at radius 2 is 2.58 bits per heavy atom. The van der Waals surface area contributed by atoms with Crippen LogP contribution in [0.2, 0.25) is 0 Å². The van der Waals surface area contributed by atoms with Crippen molar-refractivity contribution in [3.63, 3.8) is 0 Å². The molecular formula is C8H12N2OS. The number of fused-ring (bicyclic) bond motifs is 1. The van der Waals surface area contributed by atoms with Crippen molar-refractivity contribution in [3.8, 4) is 5.88 Å². The number of hydrogen-bond acceptors (Lipinski definition) is 4. The van der Waals surface area contributed by atoms with Gasteiger partial charge in [-0.25, -0.2) is 0 Å². The van der Waals surface area contributed by atoms with Crippen LogP contribution in [0.25, 0.3) is 0 Å². The number of nitrogens with zero attached hydrogens (tertiary/aromatic N) is 1. The van der Waals surface area contributed by atoms with Crippen molar-refractivity contribution in [2.75, 3.05) is 13.2 Å². The van der Waals surface area contributed by atoms with Crippen LogP contribution in [0, 0.1) is 0 Å². The van der Waals surface area contributed by atoms with Crippen LogP contribution in [0.1, 0.15) is 17.4 Å². The third-order valence-corrected chi connectivity index (χ3v) is 2.87. The van der Waals surface area contributed by atoms with Gasteiger partial charge in [0.15, 0.2) is 0 Å². The molecule has 2 heterocycles. The van der Waals surface area contributed by atoms with E-state index < -0.39 is 0 Å². The number of nitrogens with one attached hydrogen (secondary N) is 1. The average molecular weight is 184 g/mol. The Balaban J connectivity index is 2.25. The van der Waals surface area contributed by atoms with Crippen LogP contribution in [-0.2, 0) is 13.0 Å². The van der Waals surface area contributed by atoms with Crippen LogP contribution in [0.15, 0.2) is 0 Å². The molecule has 66 valence electrons. The van der Waals surface area contributed by atoms with E-state index in [1.165, 1.54) is 10.4 Å². The molecule has 0 spiro atoms. The summed E-state index contributed by atoms with van der Waals surface area (Å²) in [6.07, 6.45) is 1.10. The van der Waals surface area contributed by atoms with E-state index in [0.29, 0.717) is 6.61 Å². The van der Waals surface area contributed by atoms with Gasteiger partial charge in [0.25, 0.3) is 0 Å². The van der Waals surface area contributed by atoms with Gasteiger partial charge in [0, 0.05) is 23.5 Å². The van der Waals surface area contributed by atoms with Crippen molar-refractivity contribution in [1.29, 1.82) is 0 Å². The normalized spacial score (nSPS) is 15.8. The van der Waals surface area contributed by atoms with Crippen LogP contribution in [0.3, 0.4) is 0 Å². The van der Waals surface area contributed by atoms with Gasteiger partial charge in [0.2, 0.25) is 5.88 Å². The summed E-state index contributed by atoms with van der Waals surface area (Å²) in [4.78, 5) is 1.39. The Bertz CT molecular complexity index is 272. The molecule has 1 aromatic heterocycles. The maximum absolute atomic E-state index is 5.40. The molecule has 0 aromatic carbocycles. The summed E-state index contributed by atoms with van der Waals surface area (Å²) in [7, 11) is 0. The largest absolute Gasteiger partial charge is 0.477 e. The first-order chi connectivity index (χ1) is 5.92. The van der Waals surface area contributed by atoms with Gasteiger partial charge in [-0.05, 0) is 24.9 Å². The number of ether oxygens (including phenoxy) is 1. The monoisotopic (exact) mass is 184 g/mol. The first-order valence-corrected chi connectivity index (χ1v) is 5.00. The van der Waals surface area contributed by atoms with Gasteiger partial charge in [0.05, 0.1) is 6.61 Å². The van der Waals surface area contributed by atoms with Crippen molar-refractivity contribution in [2.45, 2.75) is 19.9 Å². The van der Waals surface area contributed by atoms with Gasteiger partial charge in [-0.3, -0.25) is 0 Å². The Hall–Kier alpha value is -0.610. The lowest BCUT2D eigenvalue weighted by atomic mass is 10.1. The van der Waals surface area contributed by atoms with Gasteiger partial charge in [-0.15, -0.1) is 0 Å². The SMILES string of the molecule is CCOc1nsc2c1CNCC2. The topological polar surface area (TPSA) is 34.1 Å². The molecule has 1 aromatic rings. The lowest BCUT2D eigenvalue weighted by Gasteiger charge is -2.12. The highest BCUT2D eigenvalue weighted by atomic mass is 32.1. The van der Waals surface area contributed by atoms with Gasteiger partial charge in [0.1, 0.15) is 0 Å². The Labute approximate surface area is 75.9 Å². The summed E-state index contributed by atoms with van der Waals surface area (Å²) in [5.74, 6) is 0.838. The van der Waals surface area contributed by atoms with E-state index in [2.05, 4.69) is 9.69 Å². The third kappa shape index (κ3) is 1.32. The molecule has 3 nitrogen and oxygen atoms in total. The molecule has 4 heteroatoms. The second-order valence-corrected chi connectivity index (χ2v) is 3.61. The quantitative estimate of drug-likeness (QED) is 0.749. The van der Waals surface area contributed by atoms with Crippen molar-refractivity contribution in [1.82, 2.24) is 9.69 Å². The minimum Gasteiger partial charge on any atom is -0.477 e. The second kappa shape index (κ2) is 3.41. The number of hydrogen-bond donors (Lipinski definition) is 1. The molecule has 0 aliphatic carbocycles. The standard InChI is InChI=1S/C8H12N2OS/c1-2-11-8-6-5-9-4-3-7(6)12-10-8/h9H,2-5H2,1H3. The number of aromatic nitrogens is 1. The van der Waals surface area contributed by atoms with E-state index in [0.717, 1.165) is 25.4 Å². The van der Waals surface area contributed by atoms with Crippen LogP contribution in [0.5, 0.6) is 5.88 Å². The molecule has 0 amide bonds. The molecule has 0 unspecified atom stereocenters. The minimum absolute atomic E-state index is 0.705. The smallest absolute Gasteiger partial charge is 0.229 e. The van der Waals surface area contributed by atoms with E-state index >= 15 is 0 Å². The molecule has 0 saturated heterocycles. The molecule has 0 bridgehead atoms. The Kier molecular flexibility index (Phi) is 2.28. The summed E-state index contributed by atoms with van der Waals surface area (Å²) in [6.45, 7) is 4.68. The molecular weight excluding hydrogens is 172 g/mol. The summed E-state index contributed by atoms with van der Waals surface area (Å²) >= 11 is 1.58. The third-order valence-electron chi connectivity index (χ3n) is 1.95. The van der Waals surface area contributed by atoms with Crippen molar-refractivity contribution in [2.24, 2.45) is 0 Å².